The first-order valence-corrected chi connectivity index (χ1v) is 7.72. The number of anilines is 2. The SMILES string of the molecule is Nc1ccc(N2CCCC2)c(OCc2ccc(F)cc2Cl)c1. The maximum atomic E-state index is 13.1. The number of nitrogens with two attached hydrogens (primary N) is 1. The molecule has 1 heterocycles. The zero-order valence-electron chi connectivity index (χ0n) is 12.2. The van der Waals surface area contributed by atoms with Crippen LogP contribution < -0.4 is 15.4 Å². The van der Waals surface area contributed by atoms with Gasteiger partial charge in [-0.25, -0.2) is 4.39 Å². The van der Waals surface area contributed by atoms with Crippen molar-refractivity contribution in [2.75, 3.05) is 23.7 Å². The summed E-state index contributed by atoms with van der Waals surface area (Å²) in [6, 6.07) is 10.0. The first-order valence-electron chi connectivity index (χ1n) is 7.35. The number of hydrogen-bond acceptors (Lipinski definition) is 3. The van der Waals surface area contributed by atoms with E-state index < -0.39 is 0 Å². The van der Waals surface area contributed by atoms with Crippen LogP contribution in [-0.2, 0) is 6.61 Å². The van der Waals surface area contributed by atoms with E-state index in [2.05, 4.69) is 4.90 Å². The van der Waals surface area contributed by atoms with Gasteiger partial charge in [0.15, 0.2) is 0 Å². The molecule has 116 valence electrons. The highest BCUT2D eigenvalue weighted by molar-refractivity contribution is 6.31. The highest BCUT2D eigenvalue weighted by Crippen LogP contribution is 2.33. The summed E-state index contributed by atoms with van der Waals surface area (Å²) in [5.41, 5.74) is 8.32. The summed E-state index contributed by atoms with van der Waals surface area (Å²) in [5, 5.41) is 0.367. The van der Waals surface area contributed by atoms with Crippen LogP contribution in [0.3, 0.4) is 0 Å². The lowest BCUT2D eigenvalue weighted by Gasteiger charge is -2.22. The van der Waals surface area contributed by atoms with Crippen LogP contribution in [0.25, 0.3) is 0 Å². The van der Waals surface area contributed by atoms with Gasteiger partial charge in [0, 0.05) is 30.4 Å². The molecule has 0 atom stereocenters. The van der Waals surface area contributed by atoms with Gasteiger partial charge in [0.25, 0.3) is 0 Å². The second kappa shape index (κ2) is 6.44. The quantitative estimate of drug-likeness (QED) is 0.856. The maximum absolute atomic E-state index is 13.1. The number of halogens is 2. The van der Waals surface area contributed by atoms with Gasteiger partial charge in [-0.05, 0) is 37.1 Å². The van der Waals surface area contributed by atoms with E-state index in [1.165, 1.54) is 25.0 Å². The zero-order chi connectivity index (χ0) is 15.5. The van der Waals surface area contributed by atoms with Crippen molar-refractivity contribution in [2.45, 2.75) is 19.4 Å². The summed E-state index contributed by atoms with van der Waals surface area (Å²) in [6.45, 7) is 2.33. The van der Waals surface area contributed by atoms with Crippen molar-refractivity contribution in [1.82, 2.24) is 0 Å². The number of nitrogens with zero attached hydrogens (tertiary/aromatic N) is 1. The van der Waals surface area contributed by atoms with Crippen LogP contribution in [0.1, 0.15) is 18.4 Å². The van der Waals surface area contributed by atoms with E-state index in [0.717, 1.165) is 30.1 Å². The molecule has 0 aliphatic carbocycles. The molecule has 0 aromatic heterocycles. The monoisotopic (exact) mass is 320 g/mol. The molecule has 1 saturated heterocycles. The van der Waals surface area contributed by atoms with Crippen molar-refractivity contribution in [3.05, 3.63) is 52.8 Å². The van der Waals surface area contributed by atoms with Crippen LogP contribution in [0.4, 0.5) is 15.8 Å². The molecule has 5 heteroatoms. The average molecular weight is 321 g/mol. The third-order valence-corrected chi connectivity index (χ3v) is 4.18. The van der Waals surface area contributed by atoms with Crippen LogP contribution in [0.5, 0.6) is 5.75 Å². The van der Waals surface area contributed by atoms with Crippen LogP contribution in [-0.4, -0.2) is 13.1 Å². The van der Waals surface area contributed by atoms with E-state index in [1.807, 2.05) is 18.2 Å². The molecule has 3 rings (SSSR count). The van der Waals surface area contributed by atoms with Crippen molar-refractivity contribution in [1.29, 1.82) is 0 Å². The van der Waals surface area contributed by atoms with E-state index in [0.29, 0.717) is 10.7 Å². The Balaban J connectivity index is 1.80. The molecular formula is C17H18ClFN2O. The van der Waals surface area contributed by atoms with E-state index in [1.54, 1.807) is 6.07 Å². The molecule has 1 aliphatic rings. The van der Waals surface area contributed by atoms with Crippen LogP contribution in [0.15, 0.2) is 36.4 Å². The second-order valence-corrected chi connectivity index (χ2v) is 5.85. The van der Waals surface area contributed by atoms with Crippen LogP contribution >= 0.6 is 11.6 Å². The largest absolute Gasteiger partial charge is 0.487 e. The highest BCUT2D eigenvalue weighted by Gasteiger charge is 2.17. The molecule has 1 aliphatic heterocycles. The van der Waals surface area contributed by atoms with E-state index in [4.69, 9.17) is 22.1 Å². The van der Waals surface area contributed by atoms with Gasteiger partial charge in [0.2, 0.25) is 0 Å². The van der Waals surface area contributed by atoms with Gasteiger partial charge in [-0.2, -0.15) is 0 Å². The summed E-state index contributed by atoms with van der Waals surface area (Å²) in [7, 11) is 0. The standard InChI is InChI=1S/C17H18ClFN2O/c18-15-9-13(19)4-3-12(15)11-22-17-10-14(20)5-6-16(17)21-7-1-2-8-21/h3-6,9-10H,1-2,7-8,11,20H2. The second-order valence-electron chi connectivity index (χ2n) is 5.45. The van der Waals surface area contributed by atoms with Crippen molar-refractivity contribution in [2.24, 2.45) is 0 Å². The molecule has 2 aromatic rings. The Morgan fingerprint density at radius 3 is 2.64 bits per heavy atom. The molecule has 0 bridgehead atoms. The number of ether oxygens (including phenoxy) is 1. The molecule has 2 N–H and O–H groups in total. The zero-order valence-corrected chi connectivity index (χ0v) is 12.9. The van der Waals surface area contributed by atoms with Gasteiger partial charge in [0.05, 0.1) is 10.7 Å². The summed E-state index contributed by atoms with van der Waals surface area (Å²) >= 11 is 6.04. The number of rotatable bonds is 4. The summed E-state index contributed by atoms with van der Waals surface area (Å²) in [6.07, 6.45) is 2.38. The molecule has 0 saturated carbocycles. The molecule has 0 unspecified atom stereocenters. The first kappa shape index (κ1) is 15.0. The normalized spacial score (nSPS) is 14.4. The molecule has 3 nitrogen and oxygen atoms in total. The molecule has 22 heavy (non-hydrogen) atoms. The van der Waals surface area contributed by atoms with E-state index >= 15 is 0 Å². The Kier molecular flexibility index (Phi) is 4.39. The molecule has 1 fully saturated rings. The Labute approximate surface area is 134 Å². The number of hydrogen-bond donors (Lipinski definition) is 1. The topological polar surface area (TPSA) is 38.5 Å². The summed E-state index contributed by atoms with van der Waals surface area (Å²) < 4.78 is 19.0. The minimum Gasteiger partial charge on any atom is -0.487 e. The molecular weight excluding hydrogens is 303 g/mol. The predicted octanol–water partition coefficient (Wildman–Crippen LogP) is 4.24. The van der Waals surface area contributed by atoms with Crippen LogP contribution in [0, 0.1) is 5.82 Å². The Morgan fingerprint density at radius 2 is 1.91 bits per heavy atom. The maximum Gasteiger partial charge on any atom is 0.145 e. The lowest BCUT2D eigenvalue weighted by Crippen LogP contribution is -2.18. The third-order valence-electron chi connectivity index (χ3n) is 3.83. The van der Waals surface area contributed by atoms with Gasteiger partial charge < -0.3 is 15.4 Å². The minimum atomic E-state index is -0.351. The van der Waals surface area contributed by atoms with Crippen molar-refractivity contribution >= 4 is 23.0 Å². The van der Waals surface area contributed by atoms with Crippen molar-refractivity contribution < 1.29 is 9.13 Å². The number of nitrogen functional groups attached to an aromatic ring is 1. The van der Waals surface area contributed by atoms with E-state index in [9.17, 15) is 4.39 Å². The third kappa shape index (κ3) is 3.28. The summed E-state index contributed by atoms with van der Waals surface area (Å²) in [4.78, 5) is 2.29. The number of benzene rings is 2. The summed E-state index contributed by atoms with van der Waals surface area (Å²) in [5.74, 6) is 0.387. The van der Waals surface area contributed by atoms with Gasteiger partial charge in [-0.3, -0.25) is 0 Å². The molecule has 0 radical (unpaired) electrons. The Hall–Kier alpha value is -1.94. The fourth-order valence-electron chi connectivity index (χ4n) is 2.66. The van der Waals surface area contributed by atoms with E-state index in [-0.39, 0.29) is 12.4 Å². The fraction of sp³-hybridized carbons (Fsp3) is 0.294. The highest BCUT2D eigenvalue weighted by atomic mass is 35.5. The fourth-order valence-corrected chi connectivity index (χ4v) is 2.88. The van der Waals surface area contributed by atoms with Gasteiger partial charge in [-0.1, -0.05) is 17.7 Å². The van der Waals surface area contributed by atoms with Crippen molar-refractivity contribution in [3.63, 3.8) is 0 Å². The smallest absolute Gasteiger partial charge is 0.145 e. The molecule has 0 amide bonds. The molecule has 2 aromatic carbocycles. The van der Waals surface area contributed by atoms with Gasteiger partial charge in [0.1, 0.15) is 18.2 Å². The average Bonchev–Trinajstić information content (AvgIpc) is 3.00. The van der Waals surface area contributed by atoms with Crippen LogP contribution in [0.2, 0.25) is 5.02 Å². The van der Waals surface area contributed by atoms with Crippen molar-refractivity contribution in [3.8, 4) is 5.75 Å². The molecule has 0 spiro atoms. The lowest BCUT2D eigenvalue weighted by atomic mass is 10.2. The Bertz CT molecular complexity index is 672. The Morgan fingerprint density at radius 1 is 1.14 bits per heavy atom. The minimum absolute atomic E-state index is 0.281. The lowest BCUT2D eigenvalue weighted by molar-refractivity contribution is 0.307. The van der Waals surface area contributed by atoms with Gasteiger partial charge in [-0.15, -0.1) is 0 Å². The predicted molar refractivity (Wildman–Crippen MR) is 88.0 cm³/mol. The first-order chi connectivity index (χ1) is 10.6. The van der Waals surface area contributed by atoms with Gasteiger partial charge >= 0.3 is 0 Å².